The number of nitrogens with one attached hydrogen (secondary N) is 1. The average molecular weight is 291 g/mol. The maximum absolute atomic E-state index is 11.8. The first-order chi connectivity index (χ1) is 7.97. The fourth-order valence-electron chi connectivity index (χ4n) is 1.10. The van der Waals surface area contributed by atoms with Gasteiger partial charge < -0.3 is 5.11 Å². The molecule has 1 heterocycles. The molecular weight excluding hydrogens is 284 g/mol. The maximum Gasteiger partial charge on any atom is 0.273 e. The third-order valence-corrected chi connectivity index (χ3v) is 4.80. The molecule has 0 unspecified atom stereocenters. The first kappa shape index (κ1) is 12.2. The Morgan fingerprint density at radius 3 is 2.47 bits per heavy atom. The SMILES string of the molecule is O=S(=O)(Nc1ccc(O)cc1)c1cnc(Cl)s1. The van der Waals surface area contributed by atoms with Gasteiger partial charge in [-0.3, -0.25) is 4.72 Å². The lowest BCUT2D eigenvalue weighted by atomic mass is 10.3. The Bertz CT molecular complexity index is 622. The summed E-state index contributed by atoms with van der Waals surface area (Å²) in [5, 5.41) is 9.07. The number of aromatic nitrogens is 1. The highest BCUT2D eigenvalue weighted by atomic mass is 35.5. The van der Waals surface area contributed by atoms with Crippen molar-refractivity contribution in [3.05, 3.63) is 34.9 Å². The van der Waals surface area contributed by atoms with Crippen molar-refractivity contribution in [1.82, 2.24) is 4.98 Å². The molecule has 2 aromatic rings. The molecule has 0 atom stereocenters. The van der Waals surface area contributed by atoms with Crippen LogP contribution in [0.25, 0.3) is 0 Å². The van der Waals surface area contributed by atoms with Crippen LogP contribution < -0.4 is 4.72 Å². The number of hydrogen-bond acceptors (Lipinski definition) is 5. The van der Waals surface area contributed by atoms with Crippen LogP contribution in [0.4, 0.5) is 5.69 Å². The summed E-state index contributed by atoms with van der Waals surface area (Å²) < 4.78 is 26.2. The molecule has 0 radical (unpaired) electrons. The number of sulfonamides is 1. The van der Waals surface area contributed by atoms with Crippen molar-refractivity contribution in [1.29, 1.82) is 0 Å². The van der Waals surface area contributed by atoms with Gasteiger partial charge >= 0.3 is 0 Å². The molecule has 0 aliphatic heterocycles. The van der Waals surface area contributed by atoms with E-state index in [0.717, 1.165) is 11.3 Å². The summed E-state index contributed by atoms with van der Waals surface area (Å²) in [5.41, 5.74) is 0.354. The second-order valence-electron chi connectivity index (χ2n) is 3.08. The molecular formula is C9H7ClN2O3S2. The number of nitrogens with zero attached hydrogens (tertiary/aromatic N) is 1. The van der Waals surface area contributed by atoms with Crippen molar-refractivity contribution in [2.75, 3.05) is 4.72 Å². The minimum atomic E-state index is -3.67. The Morgan fingerprint density at radius 2 is 1.94 bits per heavy atom. The Hall–Kier alpha value is -1.31. The number of halogens is 1. The first-order valence-electron chi connectivity index (χ1n) is 4.40. The van der Waals surface area contributed by atoms with Crippen LogP contribution in [0.15, 0.2) is 34.7 Å². The molecule has 0 fully saturated rings. The minimum Gasteiger partial charge on any atom is -0.508 e. The van der Waals surface area contributed by atoms with Crippen LogP contribution in [-0.4, -0.2) is 18.5 Å². The van der Waals surface area contributed by atoms with Crippen molar-refractivity contribution in [3.63, 3.8) is 0 Å². The number of rotatable bonds is 3. The van der Waals surface area contributed by atoms with Gasteiger partial charge in [0.05, 0.1) is 6.20 Å². The van der Waals surface area contributed by atoms with Gasteiger partial charge in [0.1, 0.15) is 5.75 Å². The van der Waals surface area contributed by atoms with E-state index in [1.807, 2.05) is 0 Å². The van der Waals surface area contributed by atoms with Crippen molar-refractivity contribution in [3.8, 4) is 5.75 Å². The van der Waals surface area contributed by atoms with E-state index in [2.05, 4.69) is 9.71 Å². The number of aromatic hydroxyl groups is 1. The van der Waals surface area contributed by atoms with E-state index in [4.69, 9.17) is 16.7 Å². The van der Waals surface area contributed by atoms with Crippen molar-refractivity contribution in [2.45, 2.75) is 4.21 Å². The maximum atomic E-state index is 11.8. The normalized spacial score (nSPS) is 11.4. The lowest BCUT2D eigenvalue weighted by Gasteiger charge is -2.05. The zero-order valence-electron chi connectivity index (χ0n) is 8.29. The number of benzene rings is 1. The quantitative estimate of drug-likeness (QED) is 0.850. The minimum absolute atomic E-state index is 0.0376. The summed E-state index contributed by atoms with van der Waals surface area (Å²) >= 11 is 6.44. The van der Waals surface area contributed by atoms with Crippen molar-refractivity contribution >= 4 is 38.6 Å². The summed E-state index contributed by atoms with van der Waals surface area (Å²) in [7, 11) is -3.67. The van der Waals surface area contributed by atoms with Crippen LogP contribution >= 0.6 is 22.9 Å². The summed E-state index contributed by atoms with van der Waals surface area (Å²) in [5.74, 6) is 0.0637. The van der Waals surface area contributed by atoms with E-state index in [1.54, 1.807) is 0 Å². The third kappa shape index (κ3) is 2.87. The van der Waals surface area contributed by atoms with E-state index in [-0.39, 0.29) is 14.4 Å². The van der Waals surface area contributed by atoms with E-state index in [9.17, 15) is 8.42 Å². The second kappa shape index (κ2) is 4.52. The van der Waals surface area contributed by atoms with E-state index in [0.29, 0.717) is 5.69 Å². The highest BCUT2D eigenvalue weighted by molar-refractivity contribution is 7.94. The highest BCUT2D eigenvalue weighted by Crippen LogP contribution is 2.25. The number of anilines is 1. The number of hydrogen-bond donors (Lipinski definition) is 2. The zero-order chi connectivity index (χ0) is 12.5. The van der Waals surface area contributed by atoms with Gasteiger partial charge in [0, 0.05) is 5.69 Å². The Morgan fingerprint density at radius 1 is 1.29 bits per heavy atom. The van der Waals surface area contributed by atoms with Gasteiger partial charge in [-0.2, -0.15) is 0 Å². The Labute approximate surface area is 107 Å². The third-order valence-electron chi connectivity index (χ3n) is 1.84. The average Bonchev–Trinajstić information content (AvgIpc) is 2.69. The largest absolute Gasteiger partial charge is 0.508 e. The smallest absolute Gasteiger partial charge is 0.273 e. The van der Waals surface area contributed by atoms with Crippen LogP contribution in [0.3, 0.4) is 0 Å². The van der Waals surface area contributed by atoms with Gasteiger partial charge in [0.2, 0.25) is 0 Å². The van der Waals surface area contributed by atoms with Gasteiger partial charge in [-0.05, 0) is 24.3 Å². The molecule has 0 saturated carbocycles. The van der Waals surface area contributed by atoms with Gasteiger partial charge in [-0.1, -0.05) is 22.9 Å². The van der Waals surface area contributed by atoms with Gasteiger partial charge in [-0.15, -0.1) is 0 Å². The molecule has 5 nitrogen and oxygen atoms in total. The molecule has 1 aromatic carbocycles. The number of phenolic OH excluding ortho intramolecular Hbond substituents is 1. The highest BCUT2D eigenvalue weighted by Gasteiger charge is 2.17. The predicted octanol–water partition coefficient (Wildman–Crippen LogP) is 2.30. The van der Waals surface area contributed by atoms with Crippen LogP contribution in [0.2, 0.25) is 4.47 Å². The lowest BCUT2D eigenvalue weighted by Crippen LogP contribution is -2.11. The fraction of sp³-hybridized carbons (Fsp3) is 0. The summed E-state index contributed by atoms with van der Waals surface area (Å²) in [6.45, 7) is 0. The van der Waals surface area contributed by atoms with Gasteiger partial charge in [0.15, 0.2) is 8.68 Å². The molecule has 0 saturated heterocycles. The summed E-state index contributed by atoms with van der Waals surface area (Å²) in [4.78, 5) is 3.66. The molecule has 8 heteroatoms. The van der Waals surface area contributed by atoms with Gasteiger partial charge in [-0.25, -0.2) is 13.4 Å². The molecule has 1 aromatic heterocycles. The summed E-state index contributed by atoms with van der Waals surface area (Å²) in [6, 6.07) is 5.68. The van der Waals surface area contributed by atoms with Crippen LogP contribution in [0, 0.1) is 0 Å². The molecule has 90 valence electrons. The molecule has 0 bridgehead atoms. The van der Waals surface area contributed by atoms with E-state index >= 15 is 0 Å². The number of thiazole rings is 1. The molecule has 0 aliphatic carbocycles. The second-order valence-corrected chi connectivity index (χ2v) is 6.61. The van der Waals surface area contributed by atoms with E-state index < -0.39 is 10.0 Å². The monoisotopic (exact) mass is 290 g/mol. The number of phenols is 1. The fourth-order valence-corrected chi connectivity index (χ4v) is 3.45. The molecule has 0 aliphatic rings. The topological polar surface area (TPSA) is 79.3 Å². The van der Waals surface area contributed by atoms with E-state index in [1.165, 1.54) is 30.5 Å². The Kier molecular flexibility index (Phi) is 3.23. The molecule has 0 spiro atoms. The van der Waals surface area contributed by atoms with Crippen LogP contribution in [0.5, 0.6) is 5.75 Å². The predicted molar refractivity (Wildman–Crippen MR) is 66.0 cm³/mol. The Balaban J connectivity index is 2.26. The lowest BCUT2D eigenvalue weighted by molar-refractivity contribution is 0.475. The van der Waals surface area contributed by atoms with Crippen LogP contribution in [0.1, 0.15) is 0 Å². The molecule has 17 heavy (non-hydrogen) atoms. The molecule has 0 amide bonds. The molecule has 2 rings (SSSR count). The van der Waals surface area contributed by atoms with Gasteiger partial charge in [0.25, 0.3) is 10.0 Å². The zero-order valence-corrected chi connectivity index (χ0v) is 10.7. The van der Waals surface area contributed by atoms with Crippen molar-refractivity contribution in [2.24, 2.45) is 0 Å². The van der Waals surface area contributed by atoms with Crippen LogP contribution in [-0.2, 0) is 10.0 Å². The molecule has 2 N–H and O–H groups in total. The van der Waals surface area contributed by atoms with Crippen molar-refractivity contribution < 1.29 is 13.5 Å². The standard InChI is InChI=1S/C9H7ClN2O3S2/c10-9-11-5-8(16-9)17(14,15)12-6-1-3-7(13)4-2-6/h1-5,12-13H. The first-order valence-corrected chi connectivity index (χ1v) is 7.08. The summed E-state index contributed by atoms with van der Waals surface area (Å²) in [6.07, 6.45) is 1.19.